The van der Waals surface area contributed by atoms with Gasteiger partial charge < -0.3 is 10.1 Å². The molecule has 0 unspecified atom stereocenters. The molecular formula is C8H13NO2. The number of ether oxygens (including phenoxy) is 1. The van der Waals surface area contributed by atoms with E-state index < -0.39 is 0 Å². The third-order valence-corrected chi connectivity index (χ3v) is 2.49. The predicted octanol–water partition coefficient (Wildman–Crippen LogP) is 0.444. The van der Waals surface area contributed by atoms with Crippen LogP contribution in [0.5, 0.6) is 0 Å². The first-order chi connectivity index (χ1) is 5.36. The minimum absolute atomic E-state index is 0.0897. The van der Waals surface area contributed by atoms with Crippen LogP contribution >= 0.6 is 0 Å². The molecule has 11 heavy (non-hydrogen) atoms. The normalized spacial score (nSPS) is 37.6. The van der Waals surface area contributed by atoms with Crippen molar-refractivity contribution < 1.29 is 9.53 Å². The molecule has 1 heterocycles. The Bertz CT molecular complexity index is 169. The molecular weight excluding hydrogens is 142 g/mol. The van der Waals surface area contributed by atoms with Gasteiger partial charge >= 0.3 is 5.97 Å². The zero-order valence-electron chi connectivity index (χ0n) is 6.51. The third kappa shape index (κ3) is 1.38. The predicted molar refractivity (Wildman–Crippen MR) is 40.1 cm³/mol. The molecule has 0 aromatic carbocycles. The molecule has 3 nitrogen and oxygen atoms in total. The standard InChI is InChI=1S/C8H13NO2/c10-8-5-9-6-3-1-2-4-7(6)11-8/h6-7,9H,1-5H2/t6-,7+/m0/s1. The van der Waals surface area contributed by atoms with Crippen LogP contribution in [-0.4, -0.2) is 24.7 Å². The summed E-state index contributed by atoms with van der Waals surface area (Å²) in [6.07, 6.45) is 4.86. The summed E-state index contributed by atoms with van der Waals surface area (Å²) in [5.74, 6) is -0.0897. The van der Waals surface area contributed by atoms with Crippen molar-refractivity contribution in [2.45, 2.75) is 37.8 Å². The van der Waals surface area contributed by atoms with Crippen LogP contribution in [0, 0.1) is 0 Å². The molecule has 1 saturated heterocycles. The van der Waals surface area contributed by atoms with Crippen molar-refractivity contribution >= 4 is 5.97 Å². The molecule has 0 spiro atoms. The molecule has 2 aliphatic rings. The number of esters is 1. The lowest BCUT2D eigenvalue weighted by Crippen LogP contribution is -2.51. The quantitative estimate of drug-likeness (QED) is 0.516. The summed E-state index contributed by atoms with van der Waals surface area (Å²) >= 11 is 0. The van der Waals surface area contributed by atoms with Crippen molar-refractivity contribution in [1.29, 1.82) is 0 Å². The van der Waals surface area contributed by atoms with E-state index in [9.17, 15) is 4.79 Å². The molecule has 2 atom stereocenters. The molecule has 0 aromatic heterocycles. The highest BCUT2D eigenvalue weighted by atomic mass is 16.5. The van der Waals surface area contributed by atoms with Crippen molar-refractivity contribution in [3.05, 3.63) is 0 Å². The van der Waals surface area contributed by atoms with Gasteiger partial charge in [0.2, 0.25) is 0 Å². The SMILES string of the molecule is O=C1CN[C@H]2CCCC[C@H]2O1. The van der Waals surface area contributed by atoms with Crippen LogP contribution in [0.1, 0.15) is 25.7 Å². The second kappa shape index (κ2) is 2.81. The molecule has 3 heteroatoms. The molecule has 1 aliphatic carbocycles. The lowest BCUT2D eigenvalue weighted by Gasteiger charge is -2.35. The summed E-state index contributed by atoms with van der Waals surface area (Å²) in [6.45, 7) is 0.404. The first kappa shape index (κ1) is 7.10. The summed E-state index contributed by atoms with van der Waals surface area (Å²) in [5.41, 5.74) is 0. The smallest absolute Gasteiger partial charge is 0.320 e. The van der Waals surface area contributed by atoms with Gasteiger partial charge in [-0.15, -0.1) is 0 Å². The Morgan fingerprint density at radius 1 is 1.36 bits per heavy atom. The molecule has 1 N–H and O–H groups in total. The summed E-state index contributed by atoms with van der Waals surface area (Å²) in [5, 5.41) is 3.20. The topological polar surface area (TPSA) is 38.3 Å². The maximum atomic E-state index is 10.8. The van der Waals surface area contributed by atoms with Gasteiger partial charge in [0, 0.05) is 6.04 Å². The number of carbonyl (C=O) groups is 1. The molecule has 62 valence electrons. The number of nitrogens with one attached hydrogen (secondary N) is 1. The van der Waals surface area contributed by atoms with Gasteiger partial charge in [0.05, 0.1) is 6.54 Å². The highest BCUT2D eigenvalue weighted by Crippen LogP contribution is 2.23. The Morgan fingerprint density at radius 3 is 3.09 bits per heavy atom. The van der Waals surface area contributed by atoms with Gasteiger partial charge in [-0.2, -0.15) is 0 Å². The summed E-state index contributed by atoms with van der Waals surface area (Å²) in [6, 6.07) is 0.446. The van der Waals surface area contributed by atoms with Crippen LogP contribution in [0.3, 0.4) is 0 Å². The second-order valence-electron chi connectivity index (χ2n) is 3.30. The van der Waals surface area contributed by atoms with Crippen LogP contribution in [-0.2, 0) is 9.53 Å². The molecule has 2 fully saturated rings. The van der Waals surface area contributed by atoms with E-state index in [2.05, 4.69) is 5.32 Å². The average molecular weight is 155 g/mol. The van der Waals surface area contributed by atoms with Crippen molar-refractivity contribution in [2.24, 2.45) is 0 Å². The zero-order valence-corrected chi connectivity index (χ0v) is 6.51. The molecule has 0 aromatic rings. The molecule has 1 saturated carbocycles. The van der Waals surface area contributed by atoms with Crippen molar-refractivity contribution in [2.75, 3.05) is 6.54 Å². The van der Waals surface area contributed by atoms with Crippen LogP contribution in [0.25, 0.3) is 0 Å². The lowest BCUT2D eigenvalue weighted by atomic mass is 9.91. The van der Waals surface area contributed by atoms with E-state index >= 15 is 0 Å². The number of morpholine rings is 1. The Morgan fingerprint density at radius 2 is 2.18 bits per heavy atom. The number of rotatable bonds is 0. The summed E-state index contributed by atoms with van der Waals surface area (Å²) < 4.78 is 5.19. The highest BCUT2D eigenvalue weighted by Gasteiger charge is 2.31. The van der Waals surface area contributed by atoms with Gasteiger partial charge in [-0.25, -0.2) is 0 Å². The maximum Gasteiger partial charge on any atom is 0.320 e. The molecule has 0 radical (unpaired) electrons. The van der Waals surface area contributed by atoms with E-state index in [0.29, 0.717) is 12.6 Å². The lowest BCUT2D eigenvalue weighted by molar-refractivity contribution is -0.156. The van der Waals surface area contributed by atoms with Crippen LogP contribution < -0.4 is 5.32 Å². The van der Waals surface area contributed by atoms with Crippen LogP contribution in [0.2, 0.25) is 0 Å². The monoisotopic (exact) mass is 155 g/mol. The van der Waals surface area contributed by atoms with E-state index in [1.807, 2.05) is 0 Å². The van der Waals surface area contributed by atoms with E-state index in [1.165, 1.54) is 12.8 Å². The number of carbonyl (C=O) groups excluding carboxylic acids is 1. The molecule has 0 amide bonds. The largest absolute Gasteiger partial charge is 0.460 e. The zero-order chi connectivity index (χ0) is 7.68. The summed E-state index contributed by atoms with van der Waals surface area (Å²) in [4.78, 5) is 10.8. The Kier molecular flexibility index (Phi) is 1.82. The highest BCUT2D eigenvalue weighted by molar-refractivity contribution is 5.72. The Balaban J connectivity index is 1.98. The Labute approximate surface area is 66.1 Å². The fourth-order valence-electron chi connectivity index (χ4n) is 1.90. The minimum atomic E-state index is -0.0897. The van der Waals surface area contributed by atoms with Gasteiger partial charge in [0.15, 0.2) is 0 Å². The maximum absolute atomic E-state index is 10.8. The number of hydrogen-bond donors (Lipinski definition) is 1. The van der Waals surface area contributed by atoms with Crippen LogP contribution in [0.4, 0.5) is 0 Å². The van der Waals surface area contributed by atoms with Crippen molar-refractivity contribution in [3.63, 3.8) is 0 Å². The first-order valence-corrected chi connectivity index (χ1v) is 4.29. The number of fused-ring (bicyclic) bond motifs is 1. The van der Waals surface area contributed by atoms with Gasteiger partial charge in [0.1, 0.15) is 6.10 Å². The minimum Gasteiger partial charge on any atom is -0.460 e. The van der Waals surface area contributed by atoms with Gasteiger partial charge in [-0.05, 0) is 19.3 Å². The van der Waals surface area contributed by atoms with Crippen molar-refractivity contribution in [3.8, 4) is 0 Å². The van der Waals surface area contributed by atoms with E-state index in [1.54, 1.807) is 0 Å². The van der Waals surface area contributed by atoms with E-state index in [0.717, 1.165) is 12.8 Å². The average Bonchev–Trinajstić information content (AvgIpc) is 2.04. The van der Waals surface area contributed by atoms with Gasteiger partial charge in [0.25, 0.3) is 0 Å². The molecule has 0 bridgehead atoms. The summed E-state index contributed by atoms with van der Waals surface area (Å²) in [7, 11) is 0. The van der Waals surface area contributed by atoms with Gasteiger partial charge in [-0.1, -0.05) is 6.42 Å². The first-order valence-electron chi connectivity index (χ1n) is 4.29. The number of hydrogen-bond acceptors (Lipinski definition) is 3. The van der Waals surface area contributed by atoms with Gasteiger partial charge in [-0.3, -0.25) is 4.79 Å². The third-order valence-electron chi connectivity index (χ3n) is 2.49. The van der Waals surface area contributed by atoms with Crippen molar-refractivity contribution in [1.82, 2.24) is 5.32 Å². The fourth-order valence-corrected chi connectivity index (χ4v) is 1.90. The second-order valence-corrected chi connectivity index (χ2v) is 3.30. The molecule has 1 aliphatic heterocycles. The molecule has 2 rings (SSSR count). The van der Waals surface area contributed by atoms with Crippen LogP contribution in [0.15, 0.2) is 0 Å². The van der Waals surface area contributed by atoms with E-state index in [4.69, 9.17) is 4.74 Å². The fraction of sp³-hybridized carbons (Fsp3) is 0.875. The Hall–Kier alpha value is -0.570. The van der Waals surface area contributed by atoms with E-state index in [-0.39, 0.29) is 12.1 Å².